The number of aryl methyl sites for hydroxylation is 2. The van der Waals surface area contributed by atoms with Crippen LogP contribution in [-0.2, 0) is 9.31 Å². The second kappa shape index (κ2) is 4.07. The fraction of sp³-hybridized carbons (Fsp3) is 0.500. The molecule has 2 aromatic heterocycles. The molecule has 1 aliphatic rings. The lowest BCUT2D eigenvalue weighted by atomic mass is 9.84. The molecule has 0 amide bonds. The van der Waals surface area contributed by atoms with Crippen LogP contribution in [0.15, 0.2) is 12.3 Å². The van der Waals surface area contributed by atoms with Gasteiger partial charge in [0.2, 0.25) is 0 Å². The predicted molar refractivity (Wildman–Crippen MR) is 68.9 cm³/mol. The molecule has 1 fully saturated rings. The lowest BCUT2D eigenvalue weighted by Gasteiger charge is -2.06. The van der Waals surface area contributed by atoms with E-state index in [0.29, 0.717) is 0 Å². The zero-order valence-electron chi connectivity index (χ0n) is 11.0. The molecule has 0 aromatic carbocycles. The quantitative estimate of drug-likeness (QED) is 0.699. The van der Waals surface area contributed by atoms with Gasteiger partial charge in [-0.1, -0.05) is 0 Å². The van der Waals surface area contributed by atoms with Gasteiger partial charge in [0.25, 0.3) is 0 Å². The zero-order valence-corrected chi connectivity index (χ0v) is 11.0. The molecule has 5 nitrogen and oxygen atoms in total. The van der Waals surface area contributed by atoms with Gasteiger partial charge in [0.05, 0.1) is 29.7 Å². The van der Waals surface area contributed by atoms with Crippen LogP contribution < -0.4 is 5.59 Å². The highest BCUT2D eigenvalue weighted by Gasteiger charge is 2.37. The average Bonchev–Trinajstić information content (AvgIpc) is 2.83. The van der Waals surface area contributed by atoms with Gasteiger partial charge in [-0.2, -0.15) is 5.10 Å². The number of rotatable bonds is 1. The lowest BCUT2D eigenvalue weighted by molar-refractivity contribution is 0.187. The largest absolute Gasteiger partial charge is 0.516 e. The monoisotopic (exact) mass is 245 g/mol. The van der Waals surface area contributed by atoms with Crippen LogP contribution in [0, 0.1) is 13.8 Å². The first-order chi connectivity index (χ1) is 8.54. The van der Waals surface area contributed by atoms with Gasteiger partial charge in [-0.25, -0.2) is 9.50 Å². The summed E-state index contributed by atoms with van der Waals surface area (Å²) >= 11 is 0. The molecule has 0 saturated carbocycles. The van der Waals surface area contributed by atoms with E-state index >= 15 is 0 Å². The van der Waals surface area contributed by atoms with Crippen molar-refractivity contribution in [3.63, 3.8) is 0 Å². The summed E-state index contributed by atoms with van der Waals surface area (Å²) in [7, 11) is -0.374. The van der Waals surface area contributed by atoms with Gasteiger partial charge < -0.3 is 9.31 Å². The molecular formula is C12H16BN3O2. The van der Waals surface area contributed by atoms with Crippen LogP contribution in [0.2, 0.25) is 0 Å². The molecular weight excluding hydrogens is 229 g/mol. The Balaban J connectivity index is 2.03. The van der Waals surface area contributed by atoms with Crippen molar-refractivity contribution >= 4 is 18.4 Å². The SMILES string of the molecule is Cc1cn2nc(B3OC(C)C(C)O3)cc(C)c2n1. The number of nitrogens with zero attached hydrogens (tertiary/aromatic N) is 3. The molecule has 0 bridgehead atoms. The lowest BCUT2D eigenvalue weighted by Crippen LogP contribution is -2.36. The van der Waals surface area contributed by atoms with Crippen LogP contribution >= 0.6 is 0 Å². The van der Waals surface area contributed by atoms with Gasteiger partial charge in [-0.3, -0.25) is 0 Å². The summed E-state index contributed by atoms with van der Waals surface area (Å²) in [4.78, 5) is 4.43. The molecule has 2 aromatic rings. The highest BCUT2D eigenvalue weighted by Crippen LogP contribution is 2.16. The molecule has 3 rings (SSSR count). The maximum absolute atomic E-state index is 5.75. The van der Waals surface area contributed by atoms with Gasteiger partial charge in [0.1, 0.15) is 0 Å². The van der Waals surface area contributed by atoms with E-state index in [9.17, 15) is 0 Å². The topological polar surface area (TPSA) is 48.7 Å². The Kier molecular flexibility index (Phi) is 2.64. The van der Waals surface area contributed by atoms with E-state index < -0.39 is 0 Å². The molecule has 2 atom stereocenters. The van der Waals surface area contributed by atoms with E-state index in [1.54, 1.807) is 4.52 Å². The number of imidazole rings is 1. The first kappa shape index (κ1) is 11.7. The van der Waals surface area contributed by atoms with Crippen molar-refractivity contribution in [2.24, 2.45) is 0 Å². The summed E-state index contributed by atoms with van der Waals surface area (Å²) in [5.41, 5.74) is 3.72. The third-order valence-electron chi connectivity index (χ3n) is 3.33. The van der Waals surface area contributed by atoms with Gasteiger partial charge >= 0.3 is 7.12 Å². The Bertz CT molecular complexity index is 588. The van der Waals surface area contributed by atoms with Crippen molar-refractivity contribution < 1.29 is 9.31 Å². The van der Waals surface area contributed by atoms with Crippen molar-refractivity contribution in [1.29, 1.82) is 0 Å². The Morgan fingerprint density at radius 3 is 2.56 bits per heavy atom. The second-order valence-electron chi connectivity index (χ2n) is 4.92. The summed E-state index contributed by atoms with van der Waals surface area (Å²) in [6, 6.07) is 1.98. The number of aromatic nitrogens is 3. The van der Waals surface area contributed by atoms with E-state index in [1.165, 1.54) is 0 Å². The molecule has 18 heavy (non-hydrogen) atoms. The van der Waals surface area contributed by atoms with Crippen LogP contribution in [-0.4, -0.2) is 33.9 Å². The van der Waals surface area contributed by atoms with E-state index in [0.717, 1.165) is 22.5 Å². The summed E-state index contributed by atoms with van der Waals surface area (Å²) in [6.07, 6.45) is 2.10. The van der Waals surface area contributed by atoms with Gasteiger partial charge in [-0.05, 0) is 39.3 Å². The number of hydrogen-bond acceptors (Lipinski definition) is 4. The fourth-order valence-electron chi connectivity index (χ4n) is 2.17. The van der Waals surface area contributed by atoms with Crippen molar-refractivity contribution in [1.82, 2.24) is 14.6 Å². The maximum atomic E-state index is 5.75. The molecule has 2 unspecified atom stereocenters. The Morgan fingerprint density at radius 1 is 1.22 bits per heavy atom. The zero-order chi connectivity index (χ0) is 12.9. The predicted octanol–water partition coefficient (Wildman–Crippen LogP) is 0.865. The van der Waals surface area contributed by atoms with Crippen LogP contribution in [0.4, 0.5) is 0 Å². The first-order valence-electron chi connectivity index (χ1n) is 6.19. The minimum atomic E-state index is -0.374. The van der Waals surface area contributed by atoms with E-state index in [4.69, 9.17) is 9.31 Å². The summed E-state index contributed by atoms with van der Waals surface area (Å²) < 4.78 is 13.3. The van der Waals surface area contributed by atoms with Crippen LogP contribution in [0.3, 0.4) is 0 Å². The summed E-state index contributed by atoms with van der Waals surface area (Å²) in [5.74, 6) is 0. The van der Waals surface area contributed by atoms with Crippen molar-refractivity contribution in [3.8, 4) is 0 Å². The summed E-state index contributed by atoms with van der Waals surface area (Å²) in [6.45, 7) is 8.00. The molecule has 1 aliphatic heterocycles. The van der Waals surface area contributed by atoms with E-state index in [2.05, 4.69) is 10.1 Å². The molecule has 0 spiro atoms. The minimum Gasteiger partial charge on any atom is -0.401 e. The molecule has 1 saturated heterocycles. The molecule has 0 N–H and O–H groups in total. The molecule has 94 valence electrons. The molecule has 0 radical (unpaired) electrons. The summed E-state index contributed by atoms with van der Waals surface area (Å²) in [5, 5.41) is 4.51. The van der Waals surface area contributed by atoms with Gasteiger partial charge in [-0.15, -0.1) is 0 Å². The smallest absolute Gasteiger partial charge is 0.401 e. The number of hydrogen-bond donors (Lipinski definition) is 0. The molecule has 6 heteroatoms. The molecule has 0 aliphatic carbocycles. The minimum absolute atomic E-state index is 0.0947. The normalized spacial score (nSPS) is 24.1. The van der Waals surface area contributed by atoms with Crippen molar-refractivity contribution in [3.05, 3.63) is 23.5 Å². The number of fused-ring (bicyclic) bond motifs is 1. The molecule has 3 heterocycles. The highest BCUT2D eigenvalue weighted by atomic mass is 16.7. The Hall–Kier alpha value is -1.40. The average molecular weight is 245 g/mol. The van der Waals surface area contributed by atoms with E-state index in [1.807, 2.05) is 40.0 Å². The van der Waals surface area contributed by atoms with Crippen molar-refractivity contribution in [2.75, 3.05) is 0 Å². The fourth-order valence-corrected chi connectivity index (χ4v) is 2.17. The third-order valence-corrected chi connectivity index (χ3v) is 3.33. The standard InChI is InChI=1S/C12H16BN3O2/c1-7-5-11(13-17-9(3)10(4)18-13)15-16-6-8(2)14-12(7)16/h5-6,9-10H,1-4H3. The van der Waals surface area contributed by atoms with E-state index in [-0.39, 0.29) is 19.3 Å². The van der Waals surface area contributed by atoms with Crippen molar-refractivity contribution in [2.45, 2.75) is 39.9 Å². The maximum Gasteiger partial charge on any atom is 0.516 e. The second-order valence-corrected chi connectivity index (χ2v) is 4.92. The first-order valence-corrected chi connectivity index (χ1v) is 6.19. The Labute approximate surface area is 106 Å². The van der Waals surface area contributed by atoms with Crippen LogP contribution in [0.25, 0.3) is 5.65 Å². The highest BCUT2D eigenvalue weighted by molar-refractivity contribution is 6.60. The van der Waals surface area contributed by atoms with Crippen LogP contribution in [0.5, 0.6) is 0 Å². The van der Waals surface area contributed by atoms with Gasteiger partial charge in [0.15, 0.2) is 5.65 Å². The third kappa shape index (κ3) is 1.81. The van der Waals surface area contributed by atoms with Gasteiger partial charge in [0, 0.05) is 0 Å². The Morgan fingerprint density at radius 2 is 1.89 bits per heavy atom. The van der Waals surface area contributed by atoms with Crippen LogP contribution in [0.1, 0.15) is 25.1 Å².